The molecule has 0 saturated heterocycles. The maximum absolute atomic E-state index is 9.32. The molecule has 38 valence electrons. The number of halogens is 1. The average molecular weight is 130 g/mol. The van der Waals surface area contributed by atoms with Crippen molar-refractivity contribution in [3.05, 3.63) is 0 Å². The SMILES string of the molecule is O=S([O-])C(O)Cl. The van der Waals surface area contributed by atoms with Crippen molar-refractivity contribution in [3.63, 3.8) is 0 Å². The Morgan fingerprint density at radius 3 is 2.17 bits per heavy atom. The topological polar surface area (TPSA) is 60.4 Å². The fraction of sp³-hybridized carbons (Fsp3) is 1.00. The minimum absolute atomic E-state index is 1.76. The van der Waals surface area contributed by atoms with Crippen LogP contribution in [0.2, 0.25) is 0 Å². The number of hydrogen-bond donors (Lipinski definition) is 1. The van der Waals surface area contributed by atoms with Gasteiger partial charge in [0, 0.05) is 0 Å². The van der Waals surface area contributed by atoms with E-state index in [1.165, 1.54) is 0 Å². The number of aliphatic hydroxyl groups excluding tert-OH is 1. The molecule has 0 amide bonds. The van der Waals surface area contributed by atoms with E-state index in [2.05, 4.69) is 11.6 Å². The number of hydrogen-bond acceptors (Lipinski definition) is 3. The van der Waals surface area contributed by atoms with Gasteiger partial charge in [-0.1, -0.05) is 11.6 Å². The van der Waals surface area contributed by atoms with E-state index in [-0.39, 0.29) is 0 Å². The molecule has 0 aliphatic heterocycles. The molecule has 0 fully saturated rings. The third kappa shape index (κ3) is 2.59. The highest BCUT2D eigenvalue weighted by atomic mass is 35.5. The molecule has 2 unspecified atom stereocenters. The van der Waals surface area contributed by atoms with Crippen molar-refractivity contribution in [2.75, 3.05) is 0 Å². The molecule has 0 saturated carbocycles. The second kappa shape index (κ2) is 2.52. The van der Waals surface area contributed by atoms with E-state index >= 15 is 0 Å². The van der Waals surface area contributed by atoms with Crippen molar-refractivity contribution in [2.45, 2.75) is 4.90 Å². The minimum atomic E-state index is -2.55. The minimum Gasteiger partial charge on any atom is -0.769 e. The largest absolute Gasteiger partial charge is 0.769 e. The summed E-state index contributed by atoms with van der Waals surface area (Å²) in [6.07, 6.45) is 0. The molecule has 0 aliphatic carbocycles. The molecule has 5 heteroatoms. The van der Waals surface area contributed by atoms with E-state index in [0.29, 0.717) is 0 Å². The predicted octanol–water partition coefficient (Wildman–Crippen LogP) is -0.620. The van der Waals surface area contributed by atoms with Gasteiger partial charge in [-0.25, -0.2) is 0 Å². The molecule has 2 atom stereocenters. The average Bonchev–Trinajstić information content (AvgIpc) is 1.36. The summed E-state index contributed by atoms with van der Waals surface area (Å²) in [5, 5.41) is 7.78. The van der Waals surface area contributed by atoms with Crippen molar-refractivity contribution in [1.29, 1.82) is 0 Å². The Hall–Kier alpha value is 0.360. The van der Waals surface area contributed by atoms with E-state index < -0.39 is 16.0 Å². The van der Waals surface area contributed by atoms with Crippen molar-refractivity contribution in [2.24, 2.45) is 0 Å². The molecule has 0 aromatic heterocycles. The van der Waals surface area contributed by atoms with Gasteiger partial charge in [-0.15, -0.1) is 0 Å². The molecule has 0 aliphatic rings. The van der Waals surface area contributed by atoms with Gasteiger partial charge in [0.15, 0.2) is 4.90 Å². The quantitative estimate of drug-likeness (QED) is 0.379. The molecule has 3 nitrogen and oxygen atoms in total. The maximum Gasteiger partial charge on any atom is 0.191 e. The van der Waals surface area contributed by atoms with Crippen LogP contribution >= 0.6 is 11.6 Å². The van der Waals surface area contributed by atoms with Crippen LogP contribution in [-0.2, 0) is 11.1 Å². The van der Waals surface area contributed by atoms with Gasteiger partial charge in [-0.05, 0) is 11.1 Å². The first-order valence-corrected chi connectivity index (χ1v) is 2.62. The molecule has 1 N–H and O–H groups in total. The van der Waals surface area contributed by atoms with Crippen molar-refractivity contribution in [3.8, 4) is 0 Å². The zero-order valence-corrected chi connectivity index (χ0v) is 4.20. The second-order valence-electron chi connectivity index (χ2n) is 0.553. The lowest BCUT2D eigenvalue weighted by Gasteiger charge is -2.02. The van der Waals surface area contributed by atoms with Crippen molar-refractivity contribution in [1.82, 2.24) is 0 Å². The van der Waals surface area contributed by atoms with Crippen LogP contribution in [0, 0.1) is 0 Å². The molecule has 0 aromatic rings. The first kappa shape index (κ1) is 6.36. The van der Waals surface area contributed by atoms with E-state index in [9.17, 15) is 8.76 Å². The summed E-state index contributed by atoms with van der Waals surface area (Å²) in [7, 11) is 0. The summed E-state index contributed by atoms with van der Waals surface area (Å²) in [5.74, 6) is 0. The smallest absolute Gasteiger partial charge is 0.191 e. The van der Waals surface area contributed by atoms with Crippen LogP contribution in [-0.4, -0.2) is 18.8 Å². The zero-order valence-electron chi connectivity index (χ0n) is 2.63. The van der Waals surface area contributed by atoms with Gasteiger partial charge in [0.05, 0.1) is 0 Å². The molecular formula is CH2ClO3S-. The molecule has 0 heterocycles. The van der Waals surface area contributed by atoms with Gasteiger partial charge in [0.2, 0.25) is 0 Å². The molecule has 0 bridgehead atoms. The zero-order chi connectivity index (χ0) is 5.15. The molecule has 6 heavy (non-hydrogen) atoms. The number of alkyl halides is 1. The van der Waals surface area contributed by atoms with E-state index in [4.69, 9.17) is 5.11 Å². The lowest BCUT2D eigenvalue weighted by molar-refractivity contribution is 0.316. The normalized spacial score (nSPS) is 19.8. The predicted molar refractivity (Wildman–Crippen MR) is 20.8 cm³/mol. The van der Waals surface area contributed by atoms with Gasteiger partial charge in [-0.2, -0.15) is 0 Å². The van der Waals surface area contributed by atoms with Crippen molar-refractivity contribution < 1.29 is 13.9 Å². The fourth-order valence-electron chi connectivity index (χ4n) is 0. The summed E-state index contributed by atoms with van der Waals surface area (Å²) >= 11 is 2.01. The molecular weight excluding hydrogens is 128 g/mol. The van der Waals surface area contributed by atoms with E-state index in [1.54, 1.807) is 0 Å². The summed E-state index contributed by atoms with van der Waals surface area (Å²) in [6.45, 7) is 0. The fourth-order valence-corrected chi connectivity index (χ4v) is 0. The van der Waals surface area contributed by atoms with Crippen LogP contribution in [0.25, 0.3) is 0 Å². The van der Waals surface area contributed by atoms with Crippen LogP contribution in [0.15, 0.2) is 0 Å². The van der Waals surface area contributed by atoms with Crippen LogP contribution in [0.5, 0.6) is 0 Å². The Morgan fingerprint density at radius 1 is 2.00 bits per heavy atom. The highest BCUT2D eigenvalue weighted by Gasteiger charge is 1.90. The maximum atomic E-state index is 9.32. The Bertz CT molecular complexity index is 61.8. The first-order chi connectivity index (χ1) is 2.64. The Labute approximate surface area is 42.2 Å². The van der Waals surface area contributed by atoms with Crippen LogP contribution in [0.3, 0.4) is 0 Å². The summed E-state index contributed by atoms with van der Waals surface area (Å²) in [6, 6.07) is 0. The van der Waals surface area contributed by atoms with Gasteiger partial charge >= 0.3 is 0 Å². The van der Waals surface area contributed by atoms with Crippen LogP contribution in [0.1, 0.15) is 0 Å². The number of aliphatic hydroxyl groups is 1. The molecule has 0 spiro atoms. The van der Waals surface area contributed by atoms with E-state index in [1.807, 2.05) is 0 Å². The van der Waals surface area contributed by atoms with E-state index in [0.717, 1.165) is 0 Å². The summed E-state index contributed by atoms with van der Waals surface area (Å²) < 4.78 is 18.6. The first-order valence-electron chi connectivity index (χ1n) is 1.05. The molecule has 0 rings (SSSR count). The standard InChI is InChI=1S/CH3ClO3S/c2-1(3)6(4)5/h1,3H,(H,4,5)/p-1. The second-order valence-corrected chi connectivity index (χ2v) is 2.19. The van der Waals surface area contributed by atoms with Crippen LogP contribution < -0.4 is 0 Å². The summed E-state index contributed by atoms with van der Waals surface area (Å²) in [4.78, 5) is -1.76. The Kier molecular flexibility index (Phi) is 2.67. The van der Waals surface area contributed by atoms with Gasteiger partial charge in [0.1, 0.15) is 0 Å². The Morgan fingerprint density at radius 2 is 2.17 bits per heavy atom. The molecule has 0 radical (unpaired) electrons. The molecule has 0 aromatic carbocycles. The number of rotatable bonds is 1. The monoisotopic (exact) mass is 129 g/mol. The lowest BCUT2D eigenvalue weighted by atomic mass is 11.7. The van der Waals surface area contributed by atoms with Crippen molar-refractivity contribution >= 4 is 22.7 Å². The summed E-state index contributed by atoms with van der Waals surface area (Å²) in [5.41, 5.74) is 0. The Balaban J connectivity index is 3.26. The third-order valence-corrected chi connectivity index (χ3v) is 0.913. The third-order valence-electron chi connectivity index (χ3n) is 0.159. The van der Waals surface area contributed by atoms with Crippen LogP contribution in [0.4, 0.5) is 0 Å². The highest BCUT2D eigenvalue weighted by Crippen LogP contribution is 1.90. The van der Waals surface area contributed by atoms with Gasteiger partial charge in [0.25, 0.3) is 0 Å². The van der Waals surface area contributed by atoms with Gasteiger partial charge in [-0.3, -0.25) is 4.21 Å². The lowest BCUT2D eigenvalue weighted by Crippen LogP contribution is -2.03. The highest BCUT2D eigenvalue weighted by molar-refractivity contribution is 7.81. The van der Waals surface area contributed by atoms with Gasteiger partial charge < -0.3 is 9.66 Å².